The van der Waals surface area contributed by atoms with Crippen molar-refractivity contribution < 1.29 is 9.53 Å². The predicted octanol–water partition coefficient (Wildman–Crippen LogP) is 4.83. The van der Waals surface area contributed by atoms with Gasteiger partial charge in [-0.3, -0.25) is 0 Å². The van der Waals surface area contributed by atoms with E-state index in [1.165, 1.54) is 4.88 Å². The number of rotatable bonds is 6. The normalized spacial score (nSPS) is 10.8. The van der Waals surface area contributed by atoms with Gasteiger partial charge in [0.05, 0.1) is 5.56 Å². The highest BCUT2D eigenvalue weighted by molar-refractivity contribution is 7.15. The van der Waals surface area contributed by atoms with Crippen LogP contribution in [0.5, 0.6) is 0 Å². The molecule has 0 aliphatic carbocycles. The van der Waals surface area contributed by atoms with Crippen LogP contribution in [0.1, 0.15) is 20.8 Å². The first-order valence-corrected chi connectivity index (χ1v) is 8.98. The van der Waals surface area contributed by atoms with Crippen LogP contribution in [0.15, 0.2) is 66.7 Å². The summed E-state index contributed by atoms with van der Waals surface area (Å²) < 4.78 is 5.42. The molecule has 3 aromatic rings. The molecular weight excluding hydrogens is 330 g/mol. The van der Waals surface area contributed by atoms with E-state index in [-0.39, 0.29) is 12.6 Å². The van der Waals surface area contributed by atoms with Gasteiger partial charge in [0.1, 0.15) is 6.61 Å². The topological polar surface area (TPSA) is 29.5 Å². The van der Waals surface area contributed by atoms with E-state index in [9.17, 15) is 4.79 Å². The fourth-order valence-electron chi connectivity index (χ4n) is 2.54. The molecule has 0 amide bonds. The molecule has 25 heavy (non-hydrogen) atoms. The maximum absolute atomic E-state index is 12.3. The van der Waals surface area contributed by atoms with Crippen LogP contribution >= 0.6 is 11.3 Å². The first kappa shape index (κ1) is 17.4. The second-order valence-electron chi connectivity index (χ2n) is 6.15. The largest absolute Gasteiger partial charge is 0.457 e. The first-order chi connectivity index (χ1) is 12.1. The van der Waals surface area contributed by atoms with E-state index in [4.69, 9.17) is 4.74 Å². The fraction of sp³-hybridized carbons (Fsp3) is 0.190. The van der Waals surface area contributed by atoms with E-state index in [1.54, 1.807) is 17.4 Å². The summed E-state index contributed by atoms with van der Waals surface area (Å²) in [6.07, 6.45) is 0. The molecule has 1 heterocycles. The van der Waals surface area contributed by atoms with Gasteiger partial charge in [0.2, 0.25) is 0 Å². The maximum Gasteiger partial charge on any atom is 0.338 e. The van der Waals surface area contributed by atoms with Gasteiger partial charge >= 0.3 is 5.97 Å². The second kappa shape index (κ2) is 8.10. The standard InChI is InChI=1S/C21H21NO2S/c1-22(2)14-19-11-12-20(25-19)17-9-6-10-18(13-17)21(23)24-15-16-7-4-3-5-8-16/h3-13H,14-15H2,1-2H3. The first-order valence-electron chi connectivity index (χ1n) is 8.17. The minimum absolute atomic E-state index is 0.288. The predicted molar refractivity (Wildman–Crippen MR) is 103 cm³/mol. The highest BCUT2D eigenvalue weighted by Gasteiger charge is 2.10. The Bertz CT molecular complexity index is 840. The fourth-order valence-corrected chi connectivity index (χ4v) is 3.66. The van der Waals surface area contributed by atoms with Crippen molar-refractivity contribution in [2.45, 2.75) is 13.2 Å². The monoisotopic (exact) mass is 351 g/mol. The van der Waals surface area contributed by atoms with Crippen LogP contribution in [0, 0.1) is 0 Å². The van der Waals surface area contributed by atoms with Gasteiger partial charge in [-0.25, -0.2) is 4.79 Å². The molecule has 4 heteroatoms. The molecule has 0 saturated heterocycles. The third kappa shape index (κ3) is 4.78. The molecule has 0 N–H and O–H groups in total. The van der Waals surface area contributed by atoms with E-state index in [0.717, 1.165) is 22.5 Å². The van der Waals surface area contributed by atoms with E-state index >= 15 is 0 Å². The van der Waals surface area contributed by atoms with Gasteiger partial charge in [-0.2, -0.15) is 0 Å². The average molecular weight is 351 g/mol. The molecule has 0 aliphatic heterocycles. The Morgan fingerprint density at radius 2 is 1.80 bits per heavy atom. The van der Waals surface area contributed by atoms with Crippen molar-refractivity contribution in [2.75, 3.05) is 14.1 Å². The summed E-state index contributed by atoms with van der Waals surface area (Å²) >= 11 is 1.75. The Morgan fingerprint density at radius 3 is 2.56 bits per heavy atom. The summed E-state index contributed by atoms with van der Waals surface area (Å²) in [5, 5.41) is 0. The van der Waals surface area contributed by atoms with Crippen LogP contribution in [0.4, 0.5) is 0 Å². The molecule has 0 radical (unpaired) electrons. The van der Waals surface area contributed by atoms with Crippen molar-refractivity contribution >= 4 is 17.3 Å². The van der Waals surface area contributed by atoms with Crippen molar-refractivity contribution in [3.05, 3.63) is 82.7 Å². The summed E-state index contributed by atoms with van der Waals surface area (Å²) in [7, 11) is 4.12. The third-order valence-corrected chi connectivity index (χ3v) is 4.85. The number of carbonyl (C=O) groups is 1. The minimum Gasteiger partial charge on any atom is -0.457 e. The van der Waals surface area contributed by atoms with E-state index in [0.29, 0.717) is 5.56 Å². The van der Waals surface area contributed by atoms with E-state index in [1.807, 2.05) is 48.5 Å². The molecule has 0 aliphatic rings. The quantitative estimate of drug-likeness (QED) is 0.596. The zero-order valence-electron chi connectivity index (χ0n) is 14.4. The number of hydrogen-bond donors (Lipinski definition) is 0. The number of esters is 1. The van der Waals surface area contributed by atoms with Crippen LogP contribution in [-0.2, 0) is 17.9 Å². The molecule has 0 fully saturated rings. The Hall–Kier alpha value is -2.43. The smallest absolute Gasteiger partial charge is 0.338 e. The summed E-state index contributed by atoms with van der Waals surface area (Å²) in [5.41, 5.74) is 2.61. The van der Waals surface area contributed by atoms with E-state index < -0.39 is 0 Å². The summed E-state index contributed by atoms with van der Waals surface area (Å²) in [5.74, 6) is -0.296. The Labute approximate surface area is 152 Å². The van der Waals surface area contributed by atoms with Gasteiger partial charge in [0.15, 0.2) is 0 Å². The molecule has 3 rings (SSSR count). The SMILES string of the molecule is CN(C)Cc1ccc(-c2cccc(C(=O)OCc3ccccc3)c2)s1. The maximum atomic E-state index is 12.3. The van der Waals surface area contributed by atoms with Gasteiger partial charge in [0, 0.05) is 16.3 Å². The Kier molecular flexibility index (Phi) is 5.64. The van der Waals surface area contributed by atoms with Crippen molar-refractivity contribution in [1.29, 1.82) is 0 Å². The zero-order chi connectivity index (χ0) is 17.6. The van der Waals surface area contributed by atoms with Gasteiger partial charge < -0.3 is 9.64 Å². The van der Waals surface area contributed by atoms with Gasteiger partial charge in [-0.15, -0.1) is 11.3 Å². The van der Waals surface area contributed by atoms with Gasteiger partial charge in [-0.1, -0.05) is 42.5 Å². The lowest BCUT2D eigenvalue weighted by atomic mass is 10.1. The zero-order valence-corrected chi connectivity index (χ0v) is 15.3. The second-order valence-corrected chi connectivity index (χ2v) is 7.31. The summed E-state index contributed by atoms with van der Waals surface area (Å²) in [4.78, 5) is 16.9. The Balaban J connectivity index is 1.70. The molecule has 0 bridgehead atoms. The van der Waals surface area contributed by atoms with Crippen LogP contribution in [0.2, 0.25) is 0 Å². The molecule has 1 aromatic heterocycles. The Morgan fingerprint density at radius 1 is 1.00 bits per heavy atom. The van der Waals surface area contributed by atoms with Crippen molar-refractivity contribution in [1.82, 2.24) is 4.90 Å². The highest BCUT2D eigenvalue weighted by atomic mass is 32.1. The van der Waals surface area contributed by atoms with Crippen LogP contribution < -0.4 is 0 Å². The molecule has 0 saturated carbocycles. The number of benzene rings is 2. The number of hydrogen-bond acceptors (Lipinski definition) is 4. The third-order valence-electron chi connectivity index (χ3n) is 3.73. The molecular formula is C21H21NO2S. The van der Waals surface area contributed by atoms with Crippen LogP contribution in [0.3, 0.4) is 0 Å². The van der Waals surface area contributed by atoms with Crippen molar-refractivity contribution in [3.63, 3.8) is 0 Å². The molecule has 0 spiro atoms. The molecule has 0 atom stereocenters. The number of thiophene rings is 1. The average Bonchev–Trinajstić information content (AvgIpc) is 3.08. The van der Waals surface area contributed by atoms with Crippen LogP contribution in [-0.4, -0.2) is 25.0 Å². The summed E-state index contributed by atoms with van der Waals surface area (Å²) in [6, 6.07) is 21.6. The molecule has 2 aromatic carbocycles. The van der Waals surface area contributed by atoms with Crippen LogP contribution in [0.25, 0.3) is 10.4 Å². The number of ether oxygens (including phenoxy) is 1. The van der Waals surface area contributed by atoms with E-state index in [2.05, 4.69) is 31.1 Å². The lowest BCUT2D eigenvalue weighted by Crippen LogP contribution is -2.09. The lowest BCUT2D eigenvalue weighted by Gasteiger charge is -2.07. The minimum atomic E-state index is -0.296. The molecule has 0 unspecified atom stereocenters. The molecule has 3 nitrogen and oxygen atoms in total. The lowest BCUT2D eigenvalue weighted by molar-refractivity contribution is 0.0473. The number of carbonyl (C=O) groups excluding carboxylic acids is 1. The van der Waals surface area contributed by atoms with Gasteiger partial charge in [-0.05, 0) is 49.5 Å². The van der Waals surface area contributed by atoms with Crippen molar-refractivity contribution in [3.8, 4) is 10.4 Å². The van der Waals surface area contributed by atoms with Gasteiger partial charge in [0.25, 0.3) is 0 Å². The molecule has 128 valence electrons. The van der Waals surface area contributed by atoms with Crippen molar-refractivity contribution in [2.24, 2.45) is 0 Å². The summed E-state index contributed by atoms with van der Waals surface area (Å²) in [6.45, 7) is 1.21. The number of nitrogens with zero attached hydrogens (tertiary/aromatic N) is 1. The highest BCUT2D eigenvalue weighted by Crippen LogP contribution is 2.29.